The molecule has 4 aromatic carbocycles. The van der Waals surface area contributed by atoms with Gasteiger partial charge in [-0.25, -0.2) is 9.69 Å². The number of hydrogen-bond donors (Lipinski definition) is 1. The molecule has 1 heterocycles. The minimum absolute atomic E-state index is 0.168. The number of hydrogen-bond acceptors (Lipinski definition) is 3. The number of ether oxygens (including phenoxy) is 1. The molecule has 3 amide bonds. The first-order valence-corrected chi connectivity index (χ1v) is 10.8. The van der Waals surface area contributed by atoms with Crippen molar-refractivity contribution in [1.82, 2.24) is 5.32 Å². The van der Waals surface area contributed by atoms with Crippen LogP contribution in [0.1, 0.15) is 11.1 Å². The zero-order chi connectivity index (χ0) is 22.8. The summed E-state index contributed by atoms with van der Waals surface area (Å²) < 4.78 is 6.13. The number of carbonyl (C=O) groups is 2. The van der Waals surface area contributed by atoms with Gasteiger partial charge in [-0.3, -0.25) is 4.79 Å². The molecule has 1 fully saturated rings. The van der Waals surface area contributed by atoms with Crippen molar-refractivity contribution in [2.24, 2.45) is 0 Å². The molecule has 0 radical (unpaired) electrons. The van der Waals surface area contributed by atoms with Crippen LogP contribution in [-0.4, -0.2) is 11.9 Å². The van der Waals surface area contributed by atoms with Crippen LogP contribution in [0.3, 0.4) is 0 Å². The fourth-order valence-corrected chi connectivity index (χ4v) is 4.03. The Labute approximate surface area is 195 Å². The maximum atomic E-state index is 13.0. The average molecular weight is 455 g/mol. The highest BCUT2D eigenvalue weighted by atomic mass is 35.5. The Kier molecular flexibility index (Phi) is 5.55. The molecule has 33 heavy (non-hydrogen) atoms. The monoisotopic (exact) mass is 454 g/mol. The molecule has 1 saturated heterocycles. The lowest BCUT2D eigenvalue weighted by Gasteiger charge is -2.12. The van der Waals surface area contributed by atoms with Gasteiger partial charge in [-0.05, 0) is 46.7 Å². The van der Waals surface area contributed by atoms with E-state index in [9.17, 15) is 9.59 Å². The standard InChI is InChI=1S/C27H19ClN2O3/c28-21-11-6-12-22(16-21)30-26(31)24(29-27(30)32)15-19-8-2-4-14-25(19)33-17-20-10-5-9-18-7-1-3-13-23(18)20/h1-16H,17H2,(H,29,32)/b24-15+. The first kappa shape index (κ1) is 20.8. The Bertz CT molecular complexity index is 1410. The minimum Gasteiger partial charge on any atom is -0.488 e. The largest absolute Gasteiger partial charge is 0.488 e. The number of nitrogens with zero attached hydrogens (tertiary/aromatic N) is 1. The van der Waals surface area contributed by atoms with Crippen molar-refractivity contribution in [2.75, 3.05) is 4.90 Å². The molecule has 0 saturated carbocycles. The van der Waals surface area contributed by atoms with E-state index in [0.29, 0.717) is 28.6 Å². The van der Waals surface area contributed by atoms with Crippen molar-refractivity contribution in [1.29, 1.82) is 0 Å². The number of para-hydroxylation sites is 1. The summed E-state index contributed by atoms with van der Waals surface area (Å²) in [5, 5.41) is 5.37. The summed E-state index contributed by atoms with van der Waals surface area (Å²) in [5.41, 5.74) is 2.33. The fourth-order valence-electron chi connectivity index (χ4n) is 3.85. The third-order valence-corrected chi connectivity index (χ3v) is 5.66. The lowest BCUT2D eigenvalue weighted by molar-refractivity contribution is -0.113. The summed E-state index contributed by atoms with van der Waals surface area (Å²) in [4.78, 5) is 26.5. The molecule has 0 aliphatic carbocycles. The molecule has 0 atom stereocenters. The first-order chi connectivity index (χ1) is 16.1. The Morgan fingerprint density at radius 2 is 1.64 bits per heavy atom. The summed E-state index contributed by atoms with van der Waals surface area (Å²) in [7, 11) is 0. The van der Waals surface area contributed by atoms with Crippen molar-refractivity contribution in [3.63, 3.8) is 0 Å². The molecular formula is C27H19ClN2O3. The van der Waals surface area contributed by atoms with Gasteiger partial charge in [-0.1, -0.05) is 78.3 Å². The SMILES string of the molecule is O=C1N/C(=C/c2ccccc2OCc2cccc3ccccc23)C(=O)N1c1cccc(Cl)c1. The van der Waals surface area contributed by atoms with Crippen molar-refractivity contribution in [3.8, 4) is 5.75 Å². The number of rotatable bonds is 5. The second kappa shape index (κ2) is 8.81. The van der Waals surface area contributed by atoms with Crippen molar-refractivity contribution >= 4 is 46.1 Å². The predicted molar refractivity (Wildman–Crippen MR) is 130 cm³/mol. The van der Waals surface area contributed by atoms with Crippen LogP contribution < -0.4 is 15.0 Å². The fraction of sp³-hybridized carbons (Fsp3) is 0.0370. The van der Waals surface area contributed by atoms with Gasteiger partial charge in [0.05, 0.1) is 5.69 Å². The molecule has 5 nitrogen and oxygen atoms in total. The van der Waals surface area contributed by atoms with Crippen LogP contribution in [0.5, 0.6) is 5.75 Å². The van der Waals surface area contributed by atoms with Crippen LogP contribution in [0, 0.1) is 0 Å². The second-order valence-corrected chi connectivity index (χ2v) is 8.01. The number of nitrogens with one attached hydrogen (secondary N) is 1. The minimum atomic E-state index is -0.525. The molecular weight excluding hydrogens is 436 g/mol. The number of urea groups is 1. The van der Waals surface area contributed by atoms with Crippen LogP contribution in [-0.2, 0) is 11.4 Å². The molecule has 1 aliphatic rings. The Balaban J connectivity index is 1.41. The number of halogens is 1. The van der Waals surface area contributed by atoms with Gasteiger partial charge in [0.25, 0.3) is 5.91 Å². The molecule has 0 unspecified atom stereocenters. The zero-order valence-corrected chi connectivity index (χ0v) is 18.3. The average Bonchev–Trinajstić information content (AvgIpc) is 3.11. The van der Waals surface area contributed by atoms with Gasteiger partial charge < -0.3 is 10.1 Å². The molecule has 5 rings (SSSR count). The van der Waals surface area contributed by atoms with Crippen molar-refractivity contribution < 1.29 is 14.3 Å². The van der Waals surface area contributed by atoms with Crippen LogP contribution in [0.4, 0.5) is 10.5 Å². The van der Waals surface area contributed by atoms with Crippen LogP contribution in [0.15, 0.2) is 96.7 Å². The normalized spacial score (nSPS) is 14.7. The van der Waals surface area contributed by atoms with E-state index in [4.69, 9.17) is 16.3 Å². The maximum Gasteiger partial charge on any atom is 0.333 e. The number of fused-ring (bicyclic) bond motifs is 1. The van der Waals surface area contributed by atoms with E-state index in [2.05, 4.69) is 23.5 Å². The van der Waals surface area contributed by atoms with Crippen molar-refractivity contribution in [3.05, 3.63) is 113 Å². The van der Waals surface area contributed by atoms with Gasteiger partial charge in [-0.15, -0.1) is 0 Å². The number of imide groups is 1. The summed E-state index contributed by atoms with van der Waals surface area (Å²) in [5.74, 6) is 0.160. The third-order valence-electron chi connectivity index (χ3n) is 5.43. The van der Waals surface area contributed by atoms with Gasteiger partial charge in [0, 0.05) is 10.6 Å². The molecule has 4 aromatic rings. The van der Waals surface area contributed by atoms with E-state index >= 15 is 0 Å². The predicted octanol–water partition coefficient (Wildman–Crippen LogP) is 6.17. The summed E-state index contributed by atoms with van der Waals surface area (Å²) >= 11 is 6.03. The van der Waals surface area contributed by atoms with Gasteiger partial charge in [-0.2, -0.15) is 0 Å². The van der Waals surface area contributed by atoms with Crippen molar-refractivity contribution in [2.45, 2.75) is 6.61 Å². The highest BCUT2D eigenvalue weighted by molar-refractivity contribution is 6.32. The van der Waals surface area contributed by atoms with E-state index in [1.165, 1.54) is 0 Å². The maximum absolute atomic E-state index is 13.0. The Hall–Kier alpha value is -4.09. The van der Waals surface area contributed by atoms with Crippen LogP contribution in [0.2, 0.25) is 5.02 Å². The molecule has 1 aliphatic heterocycles. The van der Waals surface area contributed by atoms with E-state index in [0.717, 1.165) is 21.2 Å². The van der Waals surface area contributed by atoms with Crippen LogP contribution >= 0.6 is 11.6 Å². The van der Waals surface area contributed by atoms with Crippen LogP contribution in [0.25, 0.3) is 16.8 Å². The topological polar surface area (TPSA) is 58.6 Å². The Morgan fingerprint density at radius 1 is 0.879 bits per heavy atom. The smallest absolute Gasteiger partial charge is 0.333 e. The molecule has 6 heteroatoms. The number of carbonyl (C=O) groups excluding carboxylic acids is 2. The Morgan fingerprint density at radius 3 is 2.52 bits per heavy atom. The van der Waals surface area contributed by atoms with Gasteiger partial charge in [0.1, 0.15) is 18.1 Å². The van der Waals surface area contributed by atoms with E-state index in [1.54, 1.807) is 30.3 Å². The van der Waals surface area contributed by atoms with E-state index in [1.807, 2.05) is 48.5 Å². The second-order valence-electron chi connectivity index (χ2n) is 7.57. The summed E-state index contributed by atoms with van der Waals surface area (Å²) in [6.45, 7) is 0.372. The molecule has 0 aromatic heterocycles. The quantitative estimate of drug-likeness (QED) is 0.290. The lowest BCUT2D eigenvalue weighted by Crippen LogP contribution is -2.30. The first-order valence-electron chi connectivity index (χ1n) is 10.4. The molecule has 162 valence electrons. The van der Waals surface area contributed by atoms with E-state index < -0.39 is 11.9 Å². The van der Waals surface area contributed by atoms with Gasteiger partial charge in [0.2, 0.25) is 0 Å². The number of anilines is 1. The lowest BCUT2D eigenvalue weighted by atomic mass is 10.1. The molecule has 1 N–H and O–H groups in total. The van der Waals surface area contributed by atoms with E-state index in [-0.39, 0.29) is 5.70 Å². The molecule has 0 spiro atoms. The highest BCUT2D eigenvalue weighted by Crippen LogP contribution is 2.28. The van der Waals surface area contributed by atoms with Gasteiger partial charge in [0.15, 0.2) is 0 Å². The number of amides is 3. The summed E-state index contributed by atoms with van der Waals surface area (Å²) in [6, 6.07) is 27.7. The number of benzene rings is 4. The zero-order valence-electron chi connectivity index (χ0n) is 17.5. The highest BCUT2D eigenvalue weighted by Gasteiger charge is 2.35. The van der Waals surface area contributed by atoms with Gasteiger partial charge >= 0.3 is 6.03 Å². The third kappa shape index (κ3) is 4.19. The summed E-state index contributed by atoms with van der Waals surface area (Å²) in [6.07, 6.45) is 1.63. The molecule has 0 bridgehead atoms.